The average molecular weight is 457 g/mol. The molecule has 1 aliphatic heterocycles. The third-order valence-electron chi connectivity index (χ3n) is 4.93. The van der Waals surface area contributed by atoms with E-state index in [4.69, 9.17) is 31.2 Å². The number of amides is 1. The lowest BCUT2D eigenvalue weighted by atomic mass is 10.1. The fourth-order valence-corrected chi connectivity index (χ4v) is 3.66. The van der Waals surface area contributed by atoms with E-state index in [9.17, 15) is 4.79 Å². The molecule has 3 rings (SSSR count). The Kier molecular flexibility index (Phi) is 7.94. The van der Waals surface area contributed by atoms with Crippen LogP contribution < -0.4 is 24.3 Å². The summed E-state index contributed by atoms with van der Waals surface area (Å²) in [4.78, 5) is 14.6. The van der Waals surface area contributed by atoms with Crippen LogP contribution in [0.15, 0.2) is 42.1 Å². The lowest BCUT2D eigenvalue weighted by Gasteiger charge is -2.16. The molecule has 0 bridgehead atoms. The summed E-state index contributed by atoms with van der Waals surface area (Å²) in [6.45, 7) is 5.42. The summed E-state index contributed by atoms with van der Waals surface area (Å²) in [6.07, 6.45) is 2.34. The van der Waals surface area contributed by atoms with Crippen molar-refractivity contribution in [1.82, 2.24) is 10.2 Å². The molecule has 8 heteroatoms. The van der Waals surface area contributed by atoms with Crippen molar-refractivity contribution in [1.29, 1.82) is 0 Å². The number of nitrogens with zero attached hydrogens (tertiary/aromatic N) is 1. The molecule has 1 N–H and O–H groups in total. The molecule has 0 aromatic heterocycles. The number of thiocarbonyl (C=S) groups is 1. The highest BCUT2D eigenvalue weighted by Gasteiger charge is 2.30. The number of hydrogen-bond acceptors (Lipinski definition) is 6. The van der Waals surface area contributed by atoms with Crippen molar-refractivity contribution in [2.75, 3.05) is 34.0 Å². The molecule has 1 saturated heterocycles. The quantitative estimate of drug-likeness (QED) is 0.431. The van der Waals surface area contributed by atoms with Crippen molar-refractivity contribution in [3.05, 3.63) is 53.2 Å². The van der Waals surface area contributed by atoms with Crippen molar-refractivity contribution < 1.29 is 23.7 Å². The van der Waals surface area contributed by atoms with Crippen LogP contribution in [0.25, 0.3) is 6.08 Å². The largest absolute Gasteiger partial charge is 0.497 e. The van der Waals surface area contributed by atoms with Gasteiger partial charge in [0.2, 0.25) is 0 Å². The Bertz CT molecular complexity index is 1020. The van der Waals surface area contributed by atoms with Gasteiger partial charge < -0.3 is 24.3 Å². The molecule has 0 unspecified atom stereocenters. The van der Waals surface area contributed by atoms with Gasteiger partial charge in [-0.2, -0.15) is 0 Å². The number of hydrogen-bond donors (Lipinski definition) is 1. The highest BCUT2D eigenvalue weighted by Crippen LogP contribution is 2.29. The Morgan fingerprint density at radius 3 is 2.38 bits per heavy atom. The predicted octanol–water partition coefficient (Wildman–Crippen LogP) is 3.80. The van der Waals surface area contributed by atoms with Crippen LogP contribution in [0.3, 0.4) is 0 Å². The Morgan fingerprint density at radius 1 is 0.969 bits per heavy atom. The number of methoxy groups -OCH3 is 2. The van der Waals surface area contributed by atoms with Crippen LogP contribution in [-0.4, -0.2) is 49.9 Å². The van der Waals surface area contributed by atoms with Gasteiger partial charge in [-0.05, 0) is 74.5 Å². The molecule has 2 aromatic rings. The first-order chi connectivity index (χ1) is 15.5. The molecule has 7 nitrogen and oxygen atoms in total. The van der Waals surface area contributed by atoms with Gasteiger partial charge in [0.05, 0.1) is 27.4 Å². The minimum atomic E-state index is -0.184. The van der Waals surface area contributed by atoms with Crippen LogP contribution in [0.4, 0.5) is 0 Å². The van der Waals surface area contributed by atoms with E-state index >= 15 is 0 Å². The van der Waals surface area contributed by atoms with Gasteiger partial charge in [-0.1, -0.05) is 6.07 Å². The molecule has 0 atom stereocenters. The maximum Gasteiger partial charge on any atom is 0.276 e. The Labute approximate surface area is 193 Å². The van der Waals surface area contributed by atoms with E-state index in [0.29, 0.717) is 60.0 Å². The molecule has 1 fully saturated rings. The smallest absolute Gasteiger partial charge is 0.276 e. The summed E-state index contributed by atoms with van der Waals surface area (Å²) >= 11 is 5.41. The third-order valence-corrected chi connectivity index (χ3v) is 5.25. The summed E-state index contributed by atoms with van der Waals surface area (Å²) in [5, 5.41) is 3.39. The zero-order chi connectivity index (χ0) is 23.1. The van der Waals surface area contributed by atoms with E-state index in [-0.39, 0.29) is 5.91 Å². The third kappa shape index (κ3) is 5.31. The highest BCUT2D eigenvalue weighted by molar-refractivity contribution is 7.80. The first kappa shape index (κ1) is 23.4. The summed E-state index contributed by atoms with van der Waals surface area (Å²) in [6, 6.07) is 11.2. The van der Waals surface area contributed by atoms with Gasteiger partial charge in [0.15, 0.2) is 16.6 Å². The van der Waals surface area contributed by atoms with Crippen molar-refractivity contribution in [3.8, 4) is 23.0 Å². The van der Waals surface area contributed by atoms with Crippen molar-refractivity contribution in [2.24, 2.45) is 0 Å². The molecule has 32 heavy (non-hydrogen) atoms. The summed E-state index contributed by atoms with van der Waals surface area (Å²) in [5.74, 6) is 2.53. The molecule has 1 heterocycles. The van der Waals surface area contributed by atoms with Gasteiger partial charge in [0.25, 0.3) is 5.91 Å². The molecule has 0 spiro atoms. The van der Waals surface area contributed by atoms with E-state index in [0.717, 1.165) is 11.1 Å². The van der Waals surface area contributed by atoms with Crippen molar-refractivity contribution >= 4 is 29.3 Å². The Balaban J connectivity index is 1.75. The predicted molar refractivity (Wildman–Crippen MR) is 127 cm³/mol. The second kappa shape index (κ2) is 10.9. The number of rotatable bonds is 10. The average Bonchev–Trinajstić information content (AvgIpc) is 3.06. The minimum Gasteiger partial charge on any atom is -0.497 e. The number of carbonyl (C=O) groups is 1. The molecule has 0 aliphatic carbocycles. The summed E-state index contributed by atoms with van der Waals surface area (Å²) in [7, 11) is 3.17. The minimum absolute atomic E-state index is 0.184. The fourth-order valence-electron chi connectivity index (χ4n) is 3.37. The van der Waals surface area contributed by atoms with Crippen LogP contribution in [-0.2, 0) is 11.2 Å². The van der Waals surface area contributed by atoms with E-state index in [2.05, 4.69) is 5.32 Å². The first-order valence-electron chi connectivity index (χ1n) is 10.5. The molecule has 170 valence electrons. The van der Waals surface area contributed by atoms with Gasteiger partial charge >= 0.3 is 0 Å². The van der Waals surface area contributed by atoms with Crippen molar-refractivity contribution in [2.45, 2.75) is 20.3 Å². The summed E-state index contributed by atoms with van der Waals surface area (Å²) in [5.41, 5.74) is 2.14. The topological polar surface area (TPSA) is 69.3 Å². The number of nitrogens with one attached hydrogen (secondary N) is 1. The molecule has 2 aromatic carbocycles. The lowest BCUT2D eigenvalue weighted by molar-refractivity contribution is -0.122. The number of carbonyl (C=O) groups excluding carboxylic acids is 1. The second-order valence-corrected chi connectivity index (χ2v) is 7.34. The van der Waals surface area contributed by atoms with Gasteiger partial charge in [-0.15, -0.1) is 0 Å². The van der Waals surface area contributed by atoms with Gasteiger partial charge in [-0.25, -0.2) is 0 Å². The molecule has 1 amide bonds. The molecular weight excluding hydrogens is 428 g/mol. The molecule has 0 radical (unpaired) electrons. The fraction of sp³-hybridized carbons (Fsp3) is 0.333. The number of benzene rings is 2. The summed E-state index contributed by atoms with van der Waals surface area (Å²) < 4.78 is 22.0. The lowest BCUT2D eigenvalue weighted by Crippen LogP contribution is -2.32. The van der Waals surface area contributed by atoms with Crippen LogP contribution >= 0.6 is 12.2 Å². The zero-order valence-corrected chi connectivity index (χ0v) is 19.6. The van der Waals surface area contributed by atoms with Gasteiger partial charge in [-0.3, -0.25) is 9.69 Å². The van der Waals surface area contributed by atoms with Gasteiger partial charge in [0.1, 0.15) is 17.2 Å². The van der Waals surface area contributed by atoms with Crippen molar-refractivity contribution in [3.63, 3.8) is 0 Å². The normalized spacial score (nSPS) is 14.5. The zero-order valence-electron chi connectivity index (χ0n) is 18.8. The van der Waals surface area contributed by atoms with E-state index in [1.807, 2.05) is 38.1 Å². The van der Waals surface area contributed by atoms with Crippen LogP contribution in [0.1, 0.15) is 25.0 Å². The number of ether oxygens (including phenoxy) is 4. The van der Waals surface area contributed by atoms with Gasteiger partial charge in [0, 0.05) is 12.1 Å². The first-order valence-corrected chi connectivity index (χ1v) is 10.9. The highest BCUT2D eigenvalue weighted by atomic mass is 32.1. The molecule has 1 aliphatic rings. The SMILES string of the molecule is CCOc1ccc(CCN2C(=O)/C(=C\c3cc(OC)ccc3OC)NC2=S)cc1OCC. The monoisotopic (exact) mass is 456 g/mol. The standard InChI is InChI=1S/C24H28N2O5S/c1-5-30-21-9-7-16(13-22(21)31-6-2)11-12-26-23(27)19(25-24(26)32)15-17-14-18(28-3)8-10-20(17)29-4/h7-10,13-15H,5-6,11-12H2,1-4H3,(H,25,32)/b19-15+. The maximum absolute atomic E-state index is 13.0. The molecular formula is C24H28N2O5S. The maximum atomic E-state index is 13.0. The van der Waals surface area contributed by atoms with E-state index in [1.54, 1.807) is 37.3 Å². The molecule has 0 saturated carbocycles. The Morgan fingerprint density at radius 2 is 1.69 bits per heavy atom. The Hall–Kier alpha value is -3.26. The second-order valence-electron chi connectivity index (χ2n) is 6.95. The van der Waals surface area contributed by atoms with Crippen LogP contribution in [0, 0.1) is 0 Å². The van der Waals surface area contributed by atoms with Crippen LogP contribution in [0.2, 0.25) is 0 Å². The van der Waals surface area contributed by atoms with E-state index < -0.39 is 0 Å². The van der Waals surface area contributed by atoms with E-state index in [1.165, 1.54) is 0 Å². The van der Waals surface area contributed by atoms with Crippen LogP contribution in [0.5, 0.6) is 23.0 Å².